The van der Waals surface area contributed by atoms with Gasteiger partial charge in [-0.05, 0) is 72.8 Å². The topological polar surface area (TPSA) is 53.6 Å². The third-order valence-corrected chi connectivity index (χ3v) is 6.01. The molecule has 0 radical (unpaired) electrons. The number of ether oxygens (including phenoxy) is 1. The summed E-state index contributed by atoms with van der Waals surface area (Å²) >= 11 is 0. The zero-order valence-electron chi connectivity index (χ0n) is 15.8. The summed E-state index contributed by atoms with van der Waals surface area (Å²) in [4.78, 5) is 14.7. The molecule has 24 heavy (non-hydrogen) atoms. The van der Waals surface area contributed by atoms with E-state index in [0.29, 0.717) is 12.1 Å². The number of hydrogen-bond acceptors (Lipinski definition) is 4. The van der Waals surface area contributed by atoms with E-state index >= 15 is 0 Å². The Labute approximate surface area is 146 Å². The number of carbonyl (C=O) groups is 1. The van der Waals surface area contributed by atoms with Crippen LogP contribution in [0.3, 0.4) is 0 Å². The number of nitrogens with one attached hydrogen (secondary N) is 2. The Kier molecular flexibility index (Phi) is 5.40. The van der Waals surface area contributed by atoms with Gasteiger partial charge in [-0.3, -0.25) is 0 Å². The average Bonchev–Trinajstić information content (AvgIpc) is 2.85. The zero-order valence-corrected chi connectivity index (χ0v) is 15.8. The van der Waals surface area contributed by atoms with Crippen LogP contribution >= 0.6 is 0 Å². The third-order valence-electron chi connectivity index (χ3n) is 6.01. The number of amides is 1. The van der Waals surface area contributed by atoms with Gasteiger partial charge in [0.2, 0.25) is 0 Å². The van der Waals surface area contributed by atoms with E-state index in [4.69, 9.17) is 4.74 Å². The number of carbonyl (C=O) groups excluding carboxylic acids is 1. The van der Waals surface area contributed by atoms with Gasteiger partial charge in [0.05, 0.1) is 0 Å². The van der Waals surface area contributed by atoms with Crippen LogP contribution in [0.4, 0.5) is 4.79 Å². The second kappa shape index (κ2) is 7.20. The molecule has 2 saturated heterocycles. The minimum absolute atomic E-state index is 0.208. The van der Waals surface area contributed by atoms with Crippen LogP contribution in [0.25, 0.3) is 0 Å². The number of rotatable bonds is 3. The first kappa shape index (κ1) is 18.0. The van der Waals surface area contributed by atoms with Gasteiger partial charge in [0, 0.05) is 30.2 Å². The number of alkyl carbamates (subject to hydrolysis) is 1. The van der Waals surface area contributed by atoms with Crippen LogP contribution in [-0.2, 0) is 4.74 Å². The molecule has 3 fully saturated rings. The van der Waals surface area contributed by atoms with Crippen molar-refractivity contribution in [3.63, 3.8) is 0 Å². The molecular formula is C19H35N3O2. The summed E-state index contributed by atoms with van der Waals surface area (Å²) in [5.41, 5.74) is -0.434. The summed E-state index contributed by atoms with van der Waals surface area (Å²) < 4.78 is 5.43. The van der Waals surface area contributed by atoms with E-state index in [-0.39, 0.29) is 12.1 Å². The van der Waals surface area contributed by atoms with Crippen molar-refractivity contribution in [1.29, 1.82) is 0 Å². The van der Waals surface area contributed by atoms with Gasteiger partial charge < -0.3 is 20.3 Å². The number of fused-ring (bicyclic) bond motifs is 2. The monoisotopic (exact) mass is 337 g/mol. The molecule has 0 aromatic carbocycles. The van der Waals surface area contributed by atoms with Crippen LogP contribution in [0.15, 0.2) is 0 Å². The standard InChI is InChI=1S/C19H35N3O2/c1-19(2,3)24-18(23)21-17-10-6-9-16(17)20-13-11-14-7-5-8-15(12-13)22(14)4/h13-17,20H,5-12H2,1-4H3,(H,21,23). The van der Waals surface area contributed by atoms with Crippen LogP contribution in [0.5, 0.6) is 0 Å². The van der Waals surface area contributed by atoms with Gasteiger partial charge in [-0.15, -0.1) is 0 Å². The Bertz CT molecular complexity index is 434. The maximum absolute atomic E-state index is 12.1. The van der Waals surface area contributed by atoms with Crippen molar-refractivity contribution in [3.05, 3.63) is 0 Å². The molecule has 5 nitrogen and oxygen atoms in total. The molecule has 1 aliphatic carbocycles. The Morgan fingerprint density at radius 3 is 2.21 bits per heavy atom. The highest BCUT2D eigenvalue weighted by molar-refractivity contribution is 5.68. The average molecular weight is 338 g/mol. The molecule has 138 valence electrons. The van der Waals surface area contributed by atoms with Gasteiger partial charge in [0.15, 0.2) is 0 Å². The molecule has 2 N–H and O–H groups in total. The van der Waals surface area contributed by atoms with Gasteiger partial charge in [-0.1, -0.05) is 6.42 Å². The zero-order chi connectivity index (χ0) is 17.3. The van der Waals surface area contributed by atoms with E-state index in [0.717, 1.165) is 24.9 Å². The van der Waals surface area contributed by atoms with Crippen molar-refractivity contribution < 1.29 is 9.53 Å². The second-order valence-electron chi connectivity index (χ2n) is 9.03. The van der Waals surface area contributed by atoms with Crippen molar-refractivity contribution >= 4 is 6.09 Å². The minimum atomic E-state index is -0.434. The second-order valence-corrected chi connectivity index (χ2v) is 9.03. The number of nitrogens with zero attached hydrogens (tertiary/aromatic N) is 1. The summed E-state index contributed by atoms with van der Waals surface area (Å²) in [6, 6.07) is 2.69. The van der Waals surface area contributed by atoms with E-state index < -0.39 is 5.60 Å². The molecule has 0 aromatic heterocycles. The van der Waals surface area contributed by atoms with Crippen molar-refractivity contribution in [1.82, 2.24) is 15.5 Å². The van der Waals surface area contributed by atoms with Gasteiger partial charge in [-0.2, -0.15) is 0 Å². The molecule has 4 unspecified atom stereocenters. The number of piperidine rings is 2. The highest BCUT2D eigenvalue weighted by Crippen LogP contribution is 2.33. The molecular weight excluding hydrogens is 302 g/mol. The lowest BCUT2D eigenvalue weighted by Crippen LogP contribution is -2.58. The fourth-order valence-corrected chi connectivity index (χ4v) is 4.85. The summed E-state index contributed by atoms with van der Waals surface area (Å²) in [7, 11) is 2.30. The SMILES string of the molecule is CN1C2CCCC1CC(NC1CCCC1NC(=O)OC(C)(C)C)C2. The largest absolute Gasteiger partial charge is 0.444 e. The third kappa shape index (κ3) is 4.42. The van der Waals surface area contributed by atoms with Crippen molar-refractivity contribution in [2.24, 2.45) is 0 Å². The minimum Gasteiger partial charge on any atom is -0.444 e. The van der Waals surface area contributed by atoms with Crippen molar-refractivity contribution in [2.45, 2.75) is 108 Å². The maximum atomic E-state index is 12.1. The van der Waals surface area contributed by atoms with E-state index in [1.807, 2.05) is 20.8 Å². The Morgan fingerprint density at radius 2 is 1.58 bits per heavy atom. The molecule has 2 aliphatic heterocycles. The molecule has 0 aromatic rings. The predicted molar refractivity (Wildman–Crippen MR) is 96.1 cm³/mol. The van der Waals surface area contributed by atoms with E-state index in [1.165, 1.54) is 38.5 Å². The van der Waals surface area contributed by atoms with Crippen LogP contribution in [0, 0.1) is 0 Å². The molecule has 0 spiro atoms. The molecule has 1 amide bonds. The van der Waals surface area contributed by atoms with Gasteiger partial charge in [0.1, 0.15) is 5.60 Å². The van der Waals surface area contributed by atoms with Crippen molar-refractivity contribution in [3.8, 4) is 0 Å². The molecule has 3 aliphatic rings. The van der Waals surface area contributed by atoms with Crippen LogP contribution in [0.1, 0.15) is 72.1 Å². The molecule has 4 atom stereocenters. The van der Waals surface area contributed by atoms with Crippen LogP contribution in [0.2, 0.25) is 0 Å². The quantitative estimate of drug-likeness (QED) is 0.831. The summed E-state index contributed by atoms with van der Waals surface area (Å²) in [5, 5.41) is 6.99. The van der Waals surface area contributed by atoms with Crippen LogP contribution < -0.4 is 10.6 Å². The van der Waals surface area contributed by atoms with Gasteiger partial charge in [0.25, 0.3) is 0 Å². The van der Waals surface area contributed by atoms with Crippen molar-refractivity contribution in [2.75, 3.05) is 7.05 Å². The Morgan fingerprint density at radius 1 is 1.00 bits per heavy atom. The van der Waals surface area contributed by atoms with E-state index in [1.54, 1.807) is 0 Å². The normalized spacial score (nSPS) is 37.2. The smallest absolute Gasteiger partial charge is 0.407 e. The Hall–Kier alpha value is -0.810. The van der Waals surface area contributed by atoms with Gasteiger partial charge in [-0.25, -0.2) is 4.79 Å². The first-order valence-electron chi connectivity index (χ1n) is 9.79. The van der Waals surface area contributed by atoms with E-state index in [2.05, 4.69) is 22.6 Å². The molecule has 3 rings (SSSR count). The lowest BCUT2D eigenvalue weighted by molar-refractivity contribution is 0.0416. The molecule has 1 saturated carbocycles. The lowest BCUT2D eigenvalue weighted by atomic mass is 9.82. The van der Waals surface area contributed by atoms with Gasteiger partial charge >= 0.3 is 6.09 Å². The summed E-state index contributed by atoms with van der Waals surface area (Å²) in [5.74, 6) is 0. The lowest BCUT2D eigenvalue weighted by Gasteiger charge is -2.48. The Balaban J connectivity index is 1.52. The fraction of sp³-hybridized carbons (Fsp3) is 0.947. The van der Waals surface area contributed by atoms with Crippen LogP contribution in [-0.4, -0.2) is 53.9 Å². The molecule has 2 bridgehead atoms. The van der Waals surface area contributed by atoms with E-state index in [9.17, 15) is 4.79 Å². The summed E-state index contributed by atoms with van der Waals surface area (Å²) in [6.45, 7) is 5.73. The highest BCUT2D eigenvalue weighted by Gasteiger charge is 2.38. The first-order valence-corrected chi connectivity index (χ1v) is 9.79. The molecule has 5 heteroatoms. The molecule has 2 heterocycles. The summed E-state index contributed by atoms with van der Waals surface area (Å²) in [6.07, 6.45) is 9.69. The highest BCUT2D eigenvalue weighted by atomic mass is 16.6. The maximum Gasteiger partial charge on any atom is 0.407 e. The number of hydrogen-bond donors (Lipinski definition) is 2. The first-order chi connectivity index (χ1) is 11.3. The predicted octanol–water partition coefficient (Wildman–Crippen LogP) is 3.04. The fourth-order valence-electron chi connectivity index (χ4n) is 4.85.